The van der Waals surface area contributed by atoms with Crippen molar-refractivity contribution >= 4 is 38.6 Å². The molecule has 0 atom stereocenters. The maximum atomic E-state index is 10.0. The fourth-order valence-electron chi connectivity index (χ4n) is 4.14. The van der Waals surface area contributed by atoms with Gasteiger partial charge in [0.05, 0.1) is 5.76 Å². The van der Waals surface area contributed by atoms with E-state index in [9.17, 15) is 4.79 Å². The number of aromatic nitrogens is 1. The zero-order valence-electron chi connectivity index (χ0n) is 19.8. The average molecular weight is 629 g/mol. The van der Waals surface area contributed by atoms with E-state index < -0.39 is 0 Å². The van der Waals surface area contributed by atoms with Crippen LogP contribution in [0.2, 0.25) is 0 Å². The van der Waals surface area contributed by atoms with Crippen LogP contribution in [0, 0.1) is 26.8 Å². The molecule has 0 aliphatic carbocycles. The maximum Gasteiger partial charge on any atom is 0.218 e. The summed E-state index contributed by atoms with van der Waals surface area (Å²) in [5.74, 6) is -0.0625. The minimum atomic E-state index is -0.125. The third-order valence-electron chi connectivity index (χ3n) is 5.49. The minimum absolute atomic E-state index is 0. The van der Waals surface area contributed by atoms with Crippen molar-refractivity contribution in [1.29, 1.82) is 0 Å². The van der Waals surface area contributed by atoms with Gasteiger partial charge < -0.3 is 9.52 Å². The van der Waals surface area contributed by atoms with Crippen LogP contribution in [0.1, 0.15) is 30.5 Å². The molecule has 0 saturated carbocycles. The number of fused-ring (bicyclic) bond motifs is 4. The van der Waals surface area contributed by atoms with E-state index in [1.165, 1.54) is 41.8 Å². The van der Waals surface area contributed by atoms with E-state index in [0.717, 1.165) is 33.2 Å². The van der Waals surface area contributed by atoms with Gasteiger partial charge in [0.15, 0.2) is 5.78 Å². The summed E-state index contributed by atoms with van der Waals surface area (Å²) < 4.78 is 6.04. The fourth-order valence-corrected chi connectivity index (χ4v) is 4.14. The topological polar surface area (TPSA) is 63.3 Å². The van der Waals surface area contributed by atoms with E-state index in [4.69, 9.17) is 14.5 Å². The van der Waals surface area contributed by atoms with Crippen molar-refractivity contribution in [1.82, 2.24) is 4.98 Å². The molecule has 5 aromatic rings. The van der Waals surface area contributed by atoms with Crippen molar-refractivity contribution in [3.8, 4) is 11.3 Å². The van der Waals surface area contributed by atoms with Gasteiger partial charge in [0, 0.05) is 37.0 Å². The second-order valence-corrected chi connectivity index (χ2v) is 8.36. The Labute approximate surface area is 212 Å². The number of nitrogens with zero attached hydrogens (tertiary/aromatic N) is 1. The SMILES string of the molecule is CC(=O)/C=C(/C)O.Cc1[c-]c(-c2cc(C)c3c(n2)oc2ccccc23)c2cccc(C)c2c1.[Ir]. The zero-order valence-corrected chi connectivity index (χ0v) is 22.2. The molecule has 0 spiro atoms. The number of benzene rings is 3. The molecule has 2 heterocycles. The summed E-state index contributed by atoms with van der Waals surface area (Å²) >= 11 is 0. The van der Waals surface area contributed by atoms with Crippen molar-refractivity contribution < 1.29 is 34.4 Å². The Bertz CT molecular complexity index is 1540. The second kappa shape index (κ2) is 10.3. The molecule has 3 aromatic carbocycles. The summed E-state index contributed by atoms with van der Waals surface area (Å²) in [5, 5.41) is 13.0. The number of para-hydroxylation sites is 1. The molecule has 5 rings (SSSR count). The molecule has 2 aromatic heterocycles. The molecular formula is C29H26IrNO3-. The molecule has 0 saturated heterocycles. The summed E-state index contributed by atoms with van der Waals surface area (Å²) in [5.41, 5.74) is 7.07. The zero-order chi connectivity index (χ0) is 23.7. The summed E-state index contributed by atoms with van der Waals surface area (Å²) in [4.78, 5) is 14.9. The first-order chi connectivity index (χ1) is 15.7. The molecule has 34 heavy (non-hydrogen) atoms. The molecule has 1 N–H and O–H groups in total. The van der Waals surface area contributed by atoms with Crippen molar-refractivity contribution in [2.24, 2.45) is 0 Å². The van der Waals surface area contributed by atoms with Gasteiger partial charge in [-0.3, -0.25) is 9.78 Å². The van der Waals surface area contributed by atoms with Crippen LogP contribution >= 0.6 is 0 Å². The van der Waals surface area contributed by atoms with Crippen molar-refractivity contribution in [3.05, 3.63) is 89.2 Å². The predicted octanol–water partition coefficient (Wildman–Crippen LogP) is 7.56. The van der Waals surface area contributed by atoms with Gasteiger partial charge in [0.25, 0.3) is 0 Å². The summed E-state index contributed by atoms with van der Waals surface area (Å²) in [6, 6.07) is 22.4. The van der Waals surface area contributed by atoms with Crippen LogP contribution < -0.4 is 0 Å². The first-order valence-corrected chi connectivity index (χ1v) is 10.8. The molecule has 0 bridgehead atoms. The first-order valence-electron chi connectivity index (χ1n) is 10.8. The third kappa shape index (κ3) is 5.11. The molecule has 0 aliphatic rings. The number of hydrogen-bond donors (Lipinski definition) is 1. The Morgan fingerprint density at radius 2 is 1.65 bits per heavy atom. The second-order valence-electron chi connectivity index (χ2n) is 8.36. The Balaban J connectivity index is 0.000000357. The number of pyridine rings is 1. The van der Waals surface area contributed by atoms with E-state index in [1.54, 1.807) is 0 Å². The minimum Gasteiger partial charge on any atom is -0.512 e. The van der Waals surface area contributed by atoms with E-state index in [2.05, 4.69) is 63.2 Å². The van der Waals surface area contributed by atoms with Crippen molar-refractivity contribution in [3.63, 3.8) is 0 Å². The van der Waals surface area contributed by atoms with Gasteiger partial charge in [-0.05, 0) is 45.0 Å². The first kappa shape index (κ1) is 25.4. The number of aryl methyl sites for hydroxylation is 3. The quantitative estimate of drug-likeness (QED) is 0.125. The molecule has 5 heteroatoms. The van der Waals surface area contributed by atoms with Crippen LogP contribution in [-0.4, -0.2) is 15.9 Å². The summed E-state index contributed by atoms with van der Waals surface area (Å²) in [6.45, 7) is 9.20. The van der Waals surface area contributed by atoms with Gasteiger partial charge in [-0.25, -0.2) is 0 Å². The number of aliphatic hydroxyl groups excluding tert-OH is 1. The van der Waals surface area contributed by atoms with Gasteiger partial charge >= 0.3 is 0 Å². The van der Waals surface area contributed by atoms with Crippen LogP contribution in [0.15, 0.2) is 70.8 Å². The Kier molecular flexibility index (Phi) is 7.71. The van der Waals surface area contributed by atoms with Crippen molar-refractivity contribution in [2.75, 3.05) is 0 Å². The van der Waals surface area contributed by atoms with Gasteiger partial charge in [0.1, 0.15) is 5.58 Å². The molecular weight excluding hydrogens is 603 g/mol. The van der Waals surface area contributed by atoms with Crippen LogP contribution in [0.3, 0.4) is 0 Å². The molecule has 0 unspecified atom stereocenters. The van der Waals surface area contributed by atoms with Crippen LogP contribution in [0.5, 0.6) is 0 Å². The molecule has 4 nitrogen and oxygen atoms in total. The smallest absolute Gasteiger partial charge is 0.218 e. The van der Waals surface area contributed by atoms with E-state index in [1.807, 2.05) is 18.2 Å². The molecule has 1 radical (unpaired) electrons. The number of carbonyl (C=O) groups excluding carboxylic acids is 1. The number of aliphatic hydroxyl groups is 1. The predicted molar refractivity (Wildman–Crippen MR) is 135 cm³/mol. The Morgan fingerprint density at radius 1 is 0.941 bits per heavy atom. The number of allylic oxidation sites excluding steroid dienone is 2. The molecule has 0 fully saturated rings. The van der Waals surface area contributed by atoms with Crippen LogP contribution in [0.4, 0.5) is 0 Å². The summed E-state index contributed by atoms with van der Waals surface area (Å²) in [6.07, 6.45) is 1.17. The Hall–Kier alpha value is -3.27. The standard InChI is InChI=1S/C24H18NO.C5H8O2.Ir/c1-14-11-19-15(2)7-6-9-17(19)20(12-14)21-13-16(3)23-18-8-4-5-10-22(18)26-24(23)25-21;1-4(6)3-5(2)7;/h4-11,13H,1-3H3;3,6H,1-2H3;/q-1;;/b;4-3-;. The van der Waals surface area contributed by atoms with Gasteiger partial charge in [-0.1, -0.05) is 65.7 Å². The normalized spacial score (nSPS) is 11.3. The maximum absolute atomic E-state index is 10.0. The number of ketones is 1. The van der Waals surface area contributed by atoms with E-state index in [0.29, 0.717) is 5.71 Å². The third-order valence-corrected chi connectivity index (χ3v) is 5.49. The van der Waals surface area contributed by atoms with Crippen molar-refractivity contribution in [2.45, 2.75) is 34.6 Å². The molecule has 0 amide bonds. The van der Waals surface area contributed by atoms with Gasteiger partial charge in [-0.2, -0.15) is 0 Å². The van der Waals surface area contributed by atoms with Crippen LogP contribution in [-0.2, 0) is 24.9 Å². The van der Waals surface area contributed by atoms with E-state index >= 15 is 0 Å². The number of hydrogen-bond acceptors (Lipinski definition) is 4. The average Bonchev–Trinajstić information content (AvgIpc) is 3.12. The fraction of sp³-hybridized carbons (Fsp3) is 0.172. The number of rotatable bonds is 2. The Morgan fingerprint density at radius 3 is 2.32 bits per heavy atom. The van der Waals surface area contributed by atoms with E-state index in [-0.39, 0.29) is 31.6 Å². The molecule has 0 aliphatic heterocycles. The monoisotopic (exact) mass is 629 g/mol. The number of furan rings is 1. The molecule has 175 valence electrons. The summed E-state index contributed by atoms with van der Waals surface area (Å²) in [7, 11) is 0. The van der Waals surface area contributed by atoms with Gasteiger partial charge in [0.2, 0.25) is 5.71 Å². The van der Waals surface area contributed by atoms with Crippen LogP contribution in [0.25, 0.3) is 44.1 Å². The number of carbonyl (C=O) groups is 1. The van der Waals surface area contributed by atoms with Gasteiger partial charge in [-0.15, -0.1) is 23.3 Å². The largest absolute Gasteiger partial charge is 0.512 e.